The number of pyridine rings is 1. The van der Waals surface area contributed by atoms with Crippen molar-refractivity contribution in [3.63, 3.8) is 0 Å². The van der Waals surface area contributed by atoms with Crippen LogP contribution in [0.3, 0.4) is 0 Å². The smallest absolute Gasteiger partial charge is 0.355 e. The third-order valence-corrected chi connectivity index (χ3v) is 4.08. The van der Waals surface area contributed by atoms with Crippen LogP contribution in [0.5, 0.6) is 0 Å². The number of amides is 1. The highest BCUT2D eigenvalue weighted by Gasteiger charge is 2.13. The zero-order valence-electron chi connectivity index (χ0n) is 14.5. The molecule has 3 rings (SSSR count). The fourth-order valence-corrected chi connectivity index (χ4v) is 2.53. The van der Waals surface area contributed by atoms with Gasteiger partial charge in [0.15, 0.2) is 12.0 Å². The Labute approximate surface area is 149 Å². The monoisotopic (exact) mass is 350 g/mol. The summed E-state index contributed by atoms with van der Waals surface area (Å²) < 4.78 is 5.00. The molecular weight excluding hydrogens is 332 g/mol. The molecule has 0 spiro atoms. The number of aryl methyl sites for hydroxylation is 2. The highest BCUT2D eigenvalue weighted by Crippen LogP contribution is 2.14. The van der Waals surface area contributed by atoms with Gasteiger partial charge in [-0.1, -0.05) is 18.2 Å². The van der Waals surface area contributed by atoms with Crippen LogP contribution in [0.4, 0.5) is 5.69 Å². The van der Waals surface area contributed by atoms with Crippen molar-refractivity contribution in [3.05, 3.63) is 75.6 Å². The number of anilines is 1. The molecule has 0 aliphatic carbocycles. The molecule has 1 heterocycles. The summed E-state index contributed by atoms with van der Waals surface area (Å²) in [7, 11) is 0. The average molecular weight is 350 g/mol. The Morgan fingerprint density at radius 1 is 1.04 bits per heavy atom. The van der Waals surface area contributed by atoms with Gasteiger partial charge in [0.2, 0.25) is 0 Å². The van der Waals surface area contributed by atoms with E-state index in [2.05, 4.69) is 10.3 Å². The van der Waals surface area contributed by atoms with Crippen LogP contribution in [0, 0.1) is 13.8 Å². The van der Waals surface area contributed by atoms with Gasteiger partial charge in [-0.2, -0.15) is 0 Å². The minimum Gasteiger partial charge on any atom is -0.451 e. The highest BCUT2D eigenvalue weighted by atomic mass is 16.5. The molecule has 0 saturated carbocycles. The van der Waals surface area contributed by atoms with Crippen LogP contribution < -0.4 is 10.7 Å². The number of hydrogen-bond donors (Lipinski definition) is 2. The zero-order chi connectivity index (χ0) is 18.7. The summed E-state index contributed by atoms with van der Waals surface area (Å²) in [4.78, 5) is 39.0. The lowest BCUT2D eigenvalue weighted by atomic mass is 10.1. The second kappa shape index (κ2) is 7.23. The van der Waals surface area contributed by atoms with Crippen LogP contribution in [-0.4, -0.2) is 23.5 Å². The van der Waals surface area contributed by atoms with Gasteiger partial charge in [-0.15, -0.1) is 0 Å². The van der Waals surface area contributed by atoms with Crippen molar-refractivity contribution in [1.82, 2.24) is 4.98 Å². The lowest BCUT2D eigenvalue weighted by Crippen LogP contribution is -2.22. The Bertz CT molecular complexity index is 1050. The first-order valence-electron chi connectivity index (χ1n) is 8.10. The lowest BCUT2D eigenvalue weighted by Gasteiger charge is -2.09. The number of hydrogen-bond acceptors (Lipinski definition) is 4. The van der Waals surface area contributed by atoms with Crippen LogP contribution in [0.2, 0.25) is 0 Å². The van der Waals surface area contributed by atoms with Gasteiger partial charge in [-0.05, 0) is 49.2 Å². The Morgan fingerprint density at radius 2 is 1.81 bits per heavy atom. The molecule has 2 aromatic carbocycles. The molecule has 0 aliphatic rings. The third kappa shape index (κ3) is 3.80. The Hall–Kier alpha value is -3.41. The van der Waals surface area contributed by atoms with Crippen molar-refractivity contribution in [2.24, 2.45) is 0 Å². The second-order valence-electron chi connectivity index (χ2n) is 6.02. The molecule has 0 saturated heterocycles. The number of benzene rings is 2. The number of nitrogens with one attached hydrogen (secondary N) is 2. The summed E-state index contributed by atoms with van der Waals surface area (Å²) in [6, 6.07) is 13.6. The lowest BCUT2D eigenvalue weighted by molar-refractivity contribution is -0.119. The summed E-state index contributed by atoms with van der Waals surface area (Å²) >= 11 is 0. The SMILES string of the molecule is Cc1ccc(NC(=O)COC(=O)c2cc(=O)c3ccccc3[nH]2)cc1C. The summed E-state index contributed by atoms with van der Waals surface area (Å²) in [5, 5.41) is 3.15. The van der Waals surface area contributed by atoms with E-state index in [-0.39, 0.29) is 11.1 Å². The number of esters is 1. The molecule has 0 bridgehead atoms. The fourth-order valence-electron chi connectivity index (χ4n) is 2.53. The second-order valence-corrected chi connectivity index (χ2v) is 6.02. The molecule has 0 unspecified atom stereocenters. The summed E-state index contributed by atoms with van der Waals surface area (Å²) in [5.41, 5.74) is 3.06. The predicted octanol–water partition coefficient (Wildman–Crippen LogP) is 2.94. The molecule has 6 nitrogen and oxygen atoms in total. The van der Waals surface area contributed by atoms with Crippen LogP contribution in [-0.2, 0) is 9.53 Å². The number of para-hydroxylation sites is 1. The molecule has 1 aromatic heterocycles. The van der Waals surface area contributed by atoms with Gasteiger partial charge in [-0.25, -0.2) is 4.79 Å². The average Bonchev–Trinajstić information content (AvgIpc) is 2.63. The number of H-pyrrole nitrogens is 1. The van der Waals surface area contributed by atoms with E-state index in [1.807, 2.05) is 26.0 Å². The third-order valence-electron chi connectivity index (χ3n) is 4.08. The van der Waals surface area contributed by atoms with Crippen LogP contribution in [0.1, 0.15) is 21.6 Å². The van der Waals surface area contributed by atoms with E-state index >= 15 is 0 Å². The Balaban J connectivity index is 1.65. The standard InChI is InChI=1S/C20H18N2O4/c1-12-7-8-14(9-13(12)2)21-19(24)11-26-20(25)17-10-18(23)15-5-3-4-6-16(15)22-17/h3-10H,11H2,1-2H3,(H,21,24)(H,22,23). The molecule has 2 N–H and O–H groups in total. The number of carbonyl (C=O) groups excluding carboxylic acids is 2. The number of fused-ring (bicyclic) bond motifs is 1. The molecule has 0 aliphatic heterocycles. The molecule has 26 heavy (non-hydrogen) atoms. The van der Waals surface area contributed by atoms with Crippen molar-refractivity contribution >= 4 is 28.5 Å². The van der Waals surface area contributed by atoms with Crippen molar-refractivity contribution in [1.29, 1.82) is 0 Å². The summed E-state index contributed by atoms with van der Waals surface area (Å²) in [5.74, 6) is -1.21. The summed E-state index contributed by atoms with van der Waals surface area (Å²) in [6.07, 6.45) is 0. The fraction of sp³-hybridized carbons (Fsp3) is 0.150. The van der Waals surface area contributed by atoms with Crippen molar-refractivity contribution in [2.75, 3.05) is 11.9 Å². The van der Waals surface area contributed by atoms with Gasteiger partial charge in [0, 0.05) is 22.7 Å². The molecular formula is C20H18N2O4. The number of aromatic amines is 1. The topological polar surface area (TPSA) is 88.3 Å². The molecule has 6 heteroatoms. The van der Waals surface area contributed by atoms with E-state index in [0.717, 1.165) is 11.1 Å². The van der Waals surface area contributed by atoms with Crippen LogP contribution in [0.25, 0.3) is 10.9 Å². The van der Waals surface area contributed by atoms with Gasteiger partial charge in [-0.3, -0.25) is 9.59 Å². The maximum atomic E-state index is 12.1. The van der Waals surface area contributed by atoms with Gasteiger partial charge >= 0.3 is 5.97 Å². The molecule has 132 valence electrons. The first kappa shape index (κ1) is 17.4. The van der Waals surface area contributed by atoms with Crippen molar-refractivity contribution < 1.29 is 14.3 Å². The van der Waals surface area contributed by atoms with Gasteiger partial charge in [0.1, 0.15) is 5.69 Å². The van der Waals surface area contributed by atoms with Gasteiger partial charge in [0.05, 0.1) is 0 Å². The van der Waals surface area contributed by atoms with E-state index < -0.39 is 18.5 Å². The van der Waals surface area contributed by atoms with Crippen LogP contribution >= 0.6 is 0 Å². The maximum absolute atomic E-state index is 12.1. The predicted molar refractivity (Wildman–Crippen MR) is 99.4 cm³/mol. The first-order valence-corrected chi connectivity index (χ1v) is 8.10. The quantitative estimate of drug-likeness (QED) is 0.708. The largest absolute Gasteiger partial charge is 0.451 e. The maximum Gasteiger partial charge on any atom is 0.355 e. The Kier molecular flexibility index (Phi) is 4.84. The minimum absolute atomic E-state index is 0.00711. The van der Waals surface area contributed by atoms with E-state index in [4.69, 9.17) is 4.74 Å². The number of aromatic nitrogens is 1. The Morgan fingerprint density at radius 3 is 2.58 bits per heavy atom. The van der Waals surface area contributed by atoms with Gasteiger partial charge < -0.3 is 15.0 Å². The molecule has 1 amide bonds. The molecule has 0 atom stereocenters. The zero-order valence-corrected chi connectivity index (χ0v) is 14.5. The van der Waals surface area contributed by atoms with E-state index in [0.29, 0.717) is 16.6 Å². The number of ether oxygens (including phenoxy) is 1. The molecule has 3 aromatic rings. The van der Waals surface area contributed by atoms with Crippen LogP contribution in [0.15, 0.2) is 53.3 Å². The van der Waals surface area contributed by atoms with E-state index in [1.165, 1.54) is 6.07 Å². The molecule has 0 radical (unpaired) electrons. The van der Waals surface area contributed by atoms with E-state index in [1.54, 1.807) is 30.3 Å². The first-order chi connectivity index (χ1) is 12.4. The normalized spacial score (nSPS) is 10.5. The number of carbonyl (C=O) groups is 2. The summed E-state index contributed by atoms with van der Waals surface area (Å²) in [6.45, 7) is 3.48. The molecule has 0 fully saturated rings. The van der Waals surface area contributed by atoms with Crippen molar-refractivity contribution in [3.8, 4) is 0 Å². The van der Waals surface area contributed by atoms with Crippen molar-refractivity contribution in [2.45, 2.75) is 13.8 Å². The van der Waals surface area contributed by atoms with Gasteiger partial charge in [0.25, 0.3) is 5.91 Å². The highest BCUT2D eigenvalue weighted by molar-refractivity contribution is 5.95. The number of rotatable bonds is 4. The minimum atomic E-state index is -0.761. The van der Waals surface area contributed by atoms with E-state index in [9.17, 15) is 14.4 Å².